The topological polar surface area (TPSA) is 251 Å². The van der Waals surface area contributed by atoms with Crippen molar-refractivity contribution in [1.82, 2.24) is 63.5 Å². The first-order valence-electron chi connectivity index (χ1n) is 40.9. The molecule has 0 radical (unpaired) electrons. The number of aromatic amines is 2. The molecule has 0 spiro atoms. The van der Waals surface area contributed by atoms with Gasteiger partial charge in [0.05, 0.1) is 38.1 Å². The number of benzene rings is 6. The quantitative estimate of drug-likeness (QED) is 0.0399. The number of piperazine rings is 2. The molecule has 0 unspecified atom stereocenters. The summed E-state index contributed by atoms with van der Waals surface area (Å²) in [5.74, 6) is 0.411. The number of hydrogen-bond donors (Lipinski definition) is 4. The zero-order chi connectivity index (χ0) is 85.8. The minimum Gasteiger partial charge on any atom is -0.340 e. The zero-order valence-corrected chi connectivity index (χ0v) is 74.2. The molecule has 4 aromatic heterocycles. The van der Waals surface area contributed by atoms with Gasteiger partial charge in [-0.15, -0.1) is 0 Å². The van der Waals surface area contributed by atoms with Gasteiger partial charge in [0.15, 0.2) is 50.2 Å². The number of aryl methyl sites for hydroxylation is 2. The van der Waals surface area contributed by atoms with E-state index in [9.17, 15) is 47.1 Å². The van der Waals surface area contributed by atoms with Crippen molar-refractivity contribution in [3.63, 3.8) is 0 Å². The lowest BCUT2D eigenvalue weighted by molar-refractivity contribution is 0.0910. The predicted octanol–water partition coefficient (Wildman–Crippen LogP) is 14.3. The van der Waals surface area contributed by atoms with Crippen LogP contribution < -0.4 is 38.0 Å². The van der Waals surface area contributed by atoms with E-state index in [1.165, 1.54) is 107 Å². The number of H-pyrrole nitrogens is 2. The standard InChI is InChI=1S/C29H33FN6O3.C17H25NO.C16H24N2O.C13H10BrFN4O2.C12H15BrO.C5H11N/c1-29(2,3)21-11-9-19(10-12-21)23(37)18-34-13-15-35(16-14-34)27-31-25-24(26(38)32-28(39)33(25)4)36(27)17-20-7-5-6-8-22(20)30;1-17(2,3)15-9-7-14(8-10-15)16(19)13-18-11-5-4-6-12-18;1-16(2,3)14-6-4-13(5-7-14)15(19)12-18-10-8-17-9-11-18;1-18-10-9(11(20)17-13(18)21)19(12(14)16-10)6-7-4-2-3-5-8(7)15;1-12(2,3)10-6-4-9(5-7-10)11(14)8-13;1-2-4-6-5-3-1/h5-12H,13-18H2,1-4H3,(H,32,38,39);7-10H,4-6,11-13H2,1-3H3;4-7,17H,8-12H2,1-3H3;2-5H,6H2,1H3,(H,17,20,21);4-7H,8H2,1-3H3;6H,1-5H2. The maximum absolute atomic E-state index is 14.6. The summed E-state index contributed by atoms with van der Waals surface area (Å²) in [5.41, 5.74) is 8.10. The van der Waals surface area contributed by atoms with Gasteiger partial charge in [0.25, 0.3) is 11.1 Å². The smallest absolute Gasteiger partial charge is 0.329 e. The minimum atomic E-state index is -0.565. The van der Waals surface area contributed by atoms with Crippen LogP contribution in [0.5, 0.6) is 0 Å². The molecule has 4 fully saturated rings. The van der Waals surface area contributed by atoms with E-state index < -0.39 is 22.5 Å². The fraction of sp³-hybridized carbons (Fsp3) is 0.457. The van der Waals surface area contributed by atoms with Crippen molar-refractivity contribution in [3.05, 3.63) is 259 Å². The summed E-state index contributed by atoms with van der Waals surface area (Å²) in [6.07, 6.45) is 7.99. The van der Waals surface area contributed by atoms with Crippen molar-refractivity contribution >= 4 is 83.3 Å². The van der Waals surface area contributed by atoms with Crippen LogP contribution in [0.1, 0.15) is 196 Å². The second-order valence-electron chi connectivity index (χ2n) is 34.7. The molecule has 14 rings (SSSR count). The molecule has 4 aliphatic heterocycles. The Hall–Kier alpha value is -9.28. The number of fused-ring (bicyclic) bond motifs is 2. The van der Waals surface area contributed by atoms with Gasteiger partial charge in [0.1, 0.15) is 11.6 Å². The molecular formula is C92H118Br2F2N14O8. The molecule has 0 bridgehead atoms. The van der Waals surface area contributed by atoms with Gasteiger partial charge in [-0.1, -0.05) is 245 Å². The number of hydrogen-bond acceptors (Lipinski definition) is 16. The highest BCUT2D eigenvalue weighted by atomic mass is 79.9. The molecule has 4 aliphatic rings. The van der Waals surface area contributed by atoms with Crippen LogP contribution in [0.4, 0.5) is 14.7 Å². The average Bonchev–Trinajstić information content (AvgIpc) is 1.61. The van der Waals surface area contributed by atoms with Gasteiger partial charge in [-0.3, -0.25) is 67.1 Å². The van der Waals surface area contributed by atoms with Crippen LogP contribution in [-0.4, -0.2) is 180 Å². The summed E-state index contributed by atoms with van der Waals surface area (Å²) in [4.78, 5) is 119. The van der Waals surface area contributed by atoms with Crippen molar-refractivity contribution in [2.75, 3.05) is 108 Å². The molecule has 0 atom stereocenters. The molecule has 4 N–H and O–H groups in total. The number of carbonyl (C=O) groups is 4. The van der Waals surface area contributed by atoms with Crippen molar-refractivity contribution in [1.29, 1.82) is 0 Å². The monoisotopic (exact) mass is 1740 g/mol. The molecule has 632 valence electrons. The Kier molecular flexibility index (Phi) is 33.0. The number of nitrogens with one attached hydrogen (secondary N) is 4. The van der Waals surface area contributed by atoms with Crippen LogP contribution >= 0.6 is 31.9 Å². The number of ketones is 4. The molecular weight excluding hydrogens is 1630 g/mol. The van der Waals surface area contributed by atoms with Crippen LogP contribution in [0, 0.1) is 11.6 Å². The lowest BCUT2D eigenvalue weighted by Crippen LogP contribution is -2.48. The Labute approximate surface area is 708 Å². The number of rotatable bonds is 16. The van der Waals surface area contributed by atoms with Crippen LogP contribution in [0.3, 0.4) is 0 Å². The van der Waals surface area contributed by atoms with E-state index in [1.807, 2.05) is 77.7 Å². The van der Waals surface area contributed by atoms with E-state index in [-0.39, 0.29) is 91.8 Å². The van der Waals surface area contributed by atoms with Crippen molar-refractivity contribution in [2.24, 2.45) is 14.1 Å². The lowest BCUT2D eigenvalue weighted by atomic mass is 9.86. The van der Waals surface area contributed by atoms with Gasteiger partial charge < -0.3 is 20.1 Å². The van der Waals surface area contributed by atoms with Crippen molar-refractivity contribution in [2.45, 2.75) is 156 Å². The number of aromatic nitrogens is 8. The third kappa shape index (κ3) is 25.9. The summed E-state index contributed by atoms with van der Waals surface area (Å²) < 4.78 is 34.4. The van der Waals surface area contributed by atoms with Crippen LogP contribution in [0.25, 0.3) is 22.3 Å². The first-order chi connectivity index (χ1) is 55.9. The number of imidazole rings is 2. The van der Waals surface area contributed by atoms with Gasteiger partial charge in [-0.25, -0.2) is 23.4 Å². The lowest BCUT2D eigenvalue weighted by Gasteiger charge is -2.35. The summed E-state index contributed by atoms with van der Waals surface area (Å²) in [7, 11) is 3.05. The molecule has 0 amide bonds. The molecule has 26 heteroatoms. The first kappa shape index (κ1) is 92.6. The van der Waals surface area contributed by atoms with E-state index in [2.05, 4.69) is 184 Å². The Morgan fingerprint density at radius 2 is 0.729 bits per heavy atom. The molecule has 10 aromatic rings. The number of anilines is 1. The SMILES string of the molecule is C1CCNCC1.CC(C)(C)c1ccc(C(=O)CBr)cc1.CC(C)(C)c1ccc(C(=O)CN2CCCCC2)cc1.CC(C)(C)c1ccc(C(=O)CN2CCNCC2)cc1.Cn1c(=O)[nH]c(=O)c2c1nc(Br)n2Cc1ccccc1F.Cn1c(=O)[nH]c(=O)c2c1nc(N1CCN(CC(=O)c3ccc(C(C)(C)C)cc3)CC1)n2Cc1ccccc1F. The molecule has 4 saturated heterocycles. The van der Waals surface area contributed by atoms with Crippen LogP contribution in [-0.2, 0) is 48.8 Å². The normalized spacial score (nSPS) is 15.1. The third-order valence-corrected chi connectivity index (χ3v) is 22.7. The van der Waals surface area contributed by atoms with Gasteiger partial charge in [-0.05, 0) is 124 Å². The number of Topliss-reactive ketones (excluding diaryl/α,β-unsaturated/α-hetero) is 4. The van der Waals surface area contributed by atoms with Crippen molar-refractivity contribution < 1.29 is 28.0 Å². The first-order valence-corrected chi connectivity index (χ1v) is 42.8. The highest BCUT2D eigenvalue weighted by Crippen LogP contribution is 2.29. The summed E-state index contributed by atoms with van der Waals surface area (Å²) >= 11 is 6.41. The summed E-state index contributed by atoms with van der Waals surface area (Å²) in [5, 5.41) is 6.97. The van der Waals surface area contributed by atoms with Gasteiger partial charge in [0.2, 0.25) is 5.95 Å². The van der Waals surface area contributed by atoms with Crippen LogP contribution in [0.2, 0.25) is 0 Å². The molecule has 22 nitrogen and oxygen atoms in total. The predicted molar refractivity (Wildman–Crippen MR) is 477 cm³/mol. The van der Waals surface area contributed by atoms with Gasteiger partial charge >= 0.3 is 11.4 Å². The molecule has 6 aromatic carbocycles. The Morgan fingerprint density at radius 1 is 0.398 bits per heavy atom. The zero-order valence-electron chi connectivity index (χ0n) is 71.1. The second kappa shape index (κ2) is 42.1. The van der Waals surface area contributed by atoms with E-state index in [0.717, 1.165) is 56.0 Å². The van der Waals surface area contributed by atoms with Gasteiger partial charge in [0, 0.05) is 99.8 Å². The van der Waals surface area contributed by atoms with E-state index in [0.29, 0.717) is 78.5 Å². The molecule has 0 saturated carbocycles. The fourth-order valence-electron chi connectivity index (χ4n) is 14.0. The number of likely N-dealkylation sites (tertiary alicyclic amines) is 1. The molecule has 8 heterocycles. The Morgan fingerprint density at radius 3 is 1.08 bits per heavy atom. The Balaban J connectivity index is 0.000000173. The van der Waals surface area contributed by atoms with E-state index >= 15 is 0 Å². The maximum Gasteiger partial charge on any atom is 0.329 e. The number of halogens is 4. The maximum atomic E-state index is 14.6. The van der Waals surface area contributed by atoms with E-state index in [1.54, 1.807) is 48.0 Å². The number of nitrogens with zero attached hydrogens (tertiary/aromatic N) is 10. The van der Waals surface area contributed by atoms with Crippen molar-refractivity contribution in [3.8, 4) is 0 Å². The summed E-state index contributed by atoms with van der Waals surface area (Å²) in [6, 6.07) is 44.5. The highest BCUT2D eigenvalue weighted by Gasteiger charge is 2.29. The largest absolute Gasteiger partial charge is 0.340 e. The second-order valence-corrected chi connectivity index (χ2v) is 36.0. The summed E-state index contributed by atoms with van der Waals surface area (Å²) in [6.45, 7) is 38.6. The van der Waals surface area contributed by atoms with Crippen LogP contribution in [0.15, 0.2) is 170 Å². The molecule has 118 heavy (non-hydrogen) atoms. The minimum absolute atomic E-state index is 0.0257. The fourth-order valence-corrected chi connectivity index (χ4v) is 14.8. The number of piperidine rings is 2. The number of carbonyl (C=O) groups excluding carboxylic acids is 4. The number of alkyl halides is 1. The highest BCUT2D eigenvalue weighted by molar-refractivity contribution is 9.10. The average molecular weight is 1750 g/mol. The van der Waals surface area contributed by atoms with E-state index in [4.69, 9.17) is 0 Å². The Bertz CT molecular complexity index is 5180. The van der Waals surface area contributed by atoms with Gasteiger partial charge in [-0.2, -0.15) is 4.98 Å². The molecule has 0 aliphatic carbocycles. The third-order valence-electron chi connectivity index (χ3n) is 21.6.